The third-order valence-electron chi connectivity index (χ3n) is 3.93. The third kappa shape index (κ3) is 3.27. The van der Waals surface area contributed by atoms with Crippen molar-refractivity contribution in [2.24, 2.45) is 11.8 Å². The smallest absolute Gasteiger partial charge is 0.122 e. The lowest BCUT2D eigenvalue weighted by atomic mass is 9.77. The fourth-order valence-electron chi connectivity index (χ4n) is 2.89. The Morgan fingerprint density at radius 3 is 2.89 bits per heavy atom. The van der Waals surface area contributed by atoms with E-state index < -0.39 is 0 Å². The van der Waals surface area contributed by atoms with Crippen molar-refractivity contribution in [3.8, 4) is 5.75 Å². The molecular formula is C15H21BrO2. The van der Waals surface area contributed by atoms with Gasteiger partial charge < -0.3 is 9.84 Å². The molecule has 0 spiro atoms. The molecule has 100 valence electrons. The Balaban J connectivity index is 2.14. The molecule has 3 heteroatoms. The number of methoxy groups -OCH3 is 1. The summed E-state index contributed by atoms with van der Waals surface area (Å²) in [7, 11) is 1.70. The number of rotatable bonds is 3. The highest BCUT2D eigenvalue weighted by Gasteiger charge is 2.27. The molecule has 2 nitrogen and oxygen atoms in total. The minimum absolute atomic E-state index is 0.162. The second kappa shape index (κ2) is 6.07. The van der Waals surface area contributed by atoms with Crippen LogP contribution >= 0.6 is 15.9 Å². The molecule has 0 amide bonds. The summed E-state index contributed by atoms with van der Waals surface area (Å²) in [5.74, 6) is 2.00. The summed E-state index contributed by atoms with van der Waals surface area (Å²) in [6.45, 7) is 2.27. The zero-order valence-corrected chi connectivity index (χ0v) is 12.6. The van der Waals surface area contributed by atoms with Gasteiger partial charge in [-0.2, -0.15) is 0 Å². The summed E-state index contributed by atoms with van der Waals surface area (Å²) in [5, 5.41) is 10.1. The van der Waals surface area contributed by atoms with Crippen molar-refractivity contribution in [3.63, 3.8) is 0 Å². The Morgan fingerprint density at radius 2 is 2.17 bits per heavy atom. The van der Waals surface area contributed by atoms with Crippen LogP contribution < -0.4 is 4.74 Å². The van der Waals surface area contributed by atoms with E-state index >= 15 is 0 Å². The maximum absolute atomic E-state index is 10.1. The SMILES string of the molecule is COc1ccc(Br)cc1CC1CC(C)CCC1O. The molecule has 2 rings (SSSR count). The summed E-state index contributed by atoms with van der Waals surface area (Å²) in [5.41, 5.74) is 1.19. The van der Waals surface area contributed by atoms with Crippen LogP contribution in [0.15, 0.2) is 22.7 Å². The number of hydrogen-bond donors (Lipinski definition) is 1. The molecule has 0 radical (unpaired) electrons. The summed E-state index contributed by atoms with van der Waals surface area (Å²) >= 11 is 3.50. The maximum atomic E-state index is 10.1. The average molecular weight is 313 g/mol. The molecule has 0 heterocycles. The molecule has 1 fully saturated rings. The van der Waals surface area contributed by atoms with Crippen LogP contribution in [0.25, 0.3) is 0 Å². The van der Waals surface area contributed by atoms with Crippen molar-refractivity contribution in [2.45, 2.75) is 38.7 Å². The van der Waals surface area contributed by atoms with Gasteiger partial charge in [0.2, 0.25) is 0 Å². The molecule has 0 saturated heterocycles. The lowest BCUT2D eigenvalue weighted by Gasteiger charge is -2.32. The van der Waals surface area contributed by atoms with E-state index in [9.17, 15) is 5.11 Å². The largest absolute Gasteiger partial charge is 0.496 e. The van der Waals surface area contributed by atoms with Crippen LogP contribution in [0.3, 0.4) is 0 Å². The predicted octanol–water partition coefficient (Wildman–Crippen LogP) is 3.80. The van der Waals surface area contributed by atoms with Crippen molar-refractivity contribution in [1.29, 1.82) is 0 Å². The lowest BCUT2D eigenvalue weighted by molar-refractivity contribution is 0.0517. The molecule has 0 bridgehead atoms. The standard InChI is InChI=1S/C15H21BrO2/c1-10-3-5-14(17)11(7-10)8-12-9-13(16)4-6-15(12)18-2/h4,6,9-11,14,17H,3,5,7-8H2,1-2H3. The highest BCUT2D eigenvalue weighted by Crippen LogP contribution is 2.34. The van der Waals surface area contributed by atoms with Gasteiger partial charge in [0.1, 0.15) is 5.75 Å². The molecule has 1 N–H and O–H groups in total. The number of halogens is 1. The molecule has 1 aromatic carbocycles. The fourth-order valence-corrected chi connectivity index (χ4v) is 3.30. The molecule has 18 heavy (non-hydrogen) atoms. The average Bonchev–Trinajstić information content (AvgIpc) is 2.34. The molecule has 0 aliphatic heterocycles. The third-order valence-corrected chi connectivity index (χ3v) is 4.42. The fraction of sp³-hybridized carbons (Fsp3) is 0.600. The van der Waals surface area contributed by atoms with E-state index in [0.717, 1.165) is 41.8 Å². The molecule has 1 aromatic rings. The van der Waals surface area contributed by atoms with Crippen LogP contribution in [0, 0.1) is 11.8 Å². The number of hydrogen-bond acceptors (Lipinski definition) is 2. The molecular weight excluding hydrogens is 292 g/mol. The first kappa shape index (κ1) is 13.9. The van der Waals surface area contributed by atoms with Gasteiger partial charge in [-0.25, -0.2) is 0 Å². The Kier molecular flexibility index (Phi) is 4.68. The highest BCUT2D eigenvalue weighted by atomic mass is 79.9. The number of aliphatic hydroxyl groups is 1. The molecule has 3 unspecified atom stereocenters. The van der Waals surface area contributed by atoms with E-state index in [-0.39, 0.29) is 6.10 Å². The molecule has 1 saturated carbocycles. The van der Waals surface area contributed by atoms with Gasteiger partial charge in [-0.15, -0.1) is 0 Å². The molecule has 3 atom stereocenters. The van der Waals surface area contributed by atoms with Gasteiger partial charge >= 0.3 is 0 Å². The van der Waals surface area contributed by atoms with Crippen molar-refractivity contribution in [2.75, 3.05) is 7.11 Å². The summed E-state index contributed by atoms with van der Waals surface area (Å²) in [6, 6.07) is 6.07. The van der Waals surface area contributed by atoms with Gasteiger partial charge in [0.25, 0.3) is 0 Å². The number of ether oxygens (including phenoxy) is 1. The highest BCUT2D eigenvalue weighted by molar-refractivity contribution is 9.10. The van der Waals surface area contributed by atoms with Crippen molar-refractivity contribution >= 4 is 15.9 Å². The molecule has 1 aliphatic carbocycles. The van der Waals surface area contributed by atoms with E-state index in [0.29, 0.717) is 5.92 Å². The first-order valence-electron chi connectivity index (χ1n) is 6.60. The normalized spacial score (nSPS) is 28.1. The Labute approximate surface area is 117 Å². The topological polar surface area (TPSA) is 29.5 Å². The van der Waals surface area contributed by atoms with E-state index in [1.165, 1.54) is 5.56 Å². The Morgan fingerprint density at radius 1 is 1.39 bits per heavy atom. The van der Waals surface area contributed by atoms with E-state index in [4.69, 9.17) is 4.74 Å². The maximum Gasteiger partial charge on any atom is 0.122 e. The monoisotopic (exact) mass is 312 g/mol. The van der Waals surface area contributed by atoms with Gasteiger partial charge in [-0.3, -0.25) is 0 Å². The first-order valence-corrected chi connectivity index (χ1v) is 7.40. The second-order valence-electron chi connectivity index (χ2n) is 5.41. The number of aliphatic hydroxyl groups excluding tert-OH is 1. The minimum atomic E-state index is -0.162. The van der Waals surface area contributed by atoms with Crippen LogP contribution in [-0.4, -0.2) is 18.3 Å². The summed E-state index contributed by atoms with van der Waals surface area (Å²) < 4.78 is 6.47. The van der Waals surface area contributed by atoms with E-state index in [1.54, 1.807) is 7.11 Å². The van der Waals surface area contributed by atoms with Crippen molar-refractivity contribution < 1.29 is 9.84 Å². The lowest BCUT2D eigenvalue weighted by Crippen LogP contribution is -2.29. The predicted molar refractivity (Wildman–Crippen MR) is 76.9 cm³/mol. The van der Waals surface area contributed by atoms with E-state index in [1.807, 2.05) is 12.1 Å². The van der Waals surface area contributed by atoms with Gasteiger partial charge in [0.15, 0.2) is 0 Å². The number of benzene rings is 1. The Hall–Kier alpha value is -0.540. The minimum Gasteiger partial charge on any atom is -0.496 e. The van der Waals surface area contributed by atoms with Crippen LogP contribution in [-0.2, 0) is 6.42 Å². The van der Waals surface area contributed by atoms with E-state index in [2.05, 4.69) is 28.9 Å². The first-order chi connectivity index (χ1) is 8.60. The zero-order chi connectivity index (χ0) is 13.1. The van der Waals surface area contributed by atoms with Gasteiger partial charge in [0, 0.05) is 4.47 Å². The molecule has 1 aliphatic rings. The van der Waals surface area contributed by atoms with Gasteiger partial charge in [-0.05, 0) is 61.3 Å². The van der Waals surface area contributed by atoms with Crippen LogP contribution in [0.2, 0.25) is 0 Å². The van der Waals surface area contributed by atoms with Crippen LogP contribution in [0.1, 0.15) is 31.7 Å². The zero-order valence-electron chi connectivity index (χ0n) is 11.0. The van der Waals surface area contributed by atoms with Crippen LogP contribution in [0.4, 0.5) is 0 Å². The summed E-state index contributed by atoms with van der Waals surface area (Å²) in [4.78, 5) is 0. The quantitative estimate of drug-likeness (QED) is 0.920. The van der Waals surface area contributed by atoms with Crippen LogP contribution in [0.5, 0.6) is 5.75 Å². The van der Waals surface area contributed by atoms with Gasteiger partial charge in [-0.1, -0.05) is 22.9 Å². The van der Waals surface area contributed by atoms with Gasteiger partial charge in [0.05, 0.1) is 13.2 Å². The van der Waals surface area contributed by atoms with Crippen molar-refractivity contribution in [3.05, 3.63) is 28.2 Å². The van der Waals surface area contributed by atoms with Crippen molar-refractivity contribution in [1.82, 2.24) is 0 Å². The Bertz CT molecular complexity index is 405. The second-order valence-corrected chi connectivity index (χ2v) is 6.32. The molecule has 0 aromatic heterocycles. The summed E-state index contributed by atoms with van der Waals surface area (Å²) in [6.07, 6.45) is 3.92.